The predicted molar refractivity (Wildman–Crippen MR) is 129 cm³/mol. The van der Waals surface area contributed by atoms with Gasteiger partial charge in [0.05, 0.1) is 34.9 Å². The maximum Gasteiger partial charge on any atom is 0.253 e. The van der Waals surface area contributed by atoms with E-state index in [2.05, 4.69) is 26.1 Å². The number of piperidine rings is 1. The number of amides is 1. The molecule has 4 N–H and O–H groups in total. The maximum atomic E-state index is 12.2. The van der Waals surface area contributed by atoms with Crippen LogP contribution in [0.4, 0.5) is 5.82 Å². The Morgan fingerprint density at radius 3 is 2.62 bits per heavy atom. The summed E-state index contributed by atoms with van der Waals surface area (Å²) >= 11 is 3.60. The Bertz CT molecular complexity index is 1330. The number of aromatic nitrogens is 5. The number of halogens is 1. The van der Waals surface area contributed by atoms with E-state index in [-0.39, 0.29) is 5.92 Å². The molecule has 4 heterocycles. The molecule has 1 saturated heterocycles. The monoisotopic (exact) mass is 525 g/mol. The lowest BCUT2D eigenvalue weighted by atomic mass is 9.93. The number of aliphatic hydroxyl groups excluding tert-OH is 2. The first-order valence-corrected chi connectivity index (χ1v) is 11.8. The molecule has 0 saturated carbocycles. The van der Waals surface area contributed by atoms with Crippen molar-refractivity contribution < 1.29 is 15.0 Å². The standard InChI is InChI=1S/C23H24BrN7O3/c24-19-20(14-6-8-29(9-7-14)23(34)18(33)13-32)28-22-17(11-27-31(22)21(19)25)15-10-26-30(12-15)16-4-2-1-3-5-16/h1-5,10-12,14,18,32-33H,6-9,13,25H2/t18-/m0/s1. The molecule has 1 aliphatic rings. The minimum Gasteiger partial charge on any atom is -0.393 e. The highest BCUT2D eigenvalue weighted by molar-refractivity contribution is 9.10. The summed E-state index contributed by atoms with van der Waals surface area (Å²) in [6.07, 6.45) is 5.40. The number of likely N-dealkylation sites (tertiary alicyclic amines) is 1. The Labute approximate surface area is 203 Å². The number of rotatable bonds is 5. The lowest BCUT2D eigenvalue weighted by Gasteiger charge is -2.33. The van der Waals surface area contributed by atoms with Gasteiger partial charge in [0.2, 0.25) is 0 Å². The fraction of sp³-hybridized carbons (Fsp3) is 0.304. The molecule has 4 aromatic rings. The summed E-state index contributed by atoms with van der Waals surface area (Å²) in [6, 6.07) is 9.84. The number of aliphatic hydroxyl groups is 2. The Balaban J connectivity index is 1.45. The van der Waals surface area contributed by atoms with E-state index in [1.165, 1.54) is 0 Å². The van der Waals surface area contributed by atoms with E-state index in [9.17, 15) is 9.90 Å². The Kier molecular flexibility index (Phi) is 6.07. The van der Waals surface area contributed by atoms with Crippen LogP contribution in [-0.2, 0) is 4.79 Å². The smallest absolute Gasteiger partial charge is 0.253 e. The number of nitrogens with zero attached hydrogens (tertiary/aromatic N) is 6. The third-order valence-corrected chi connectivity index (χ3v) is 7.03. The number of nitrogens with two attached hydrogens (primary N) is 1. The predicted octanol–water partition coefficient (Wildman–Crippen LogP) is 1.99. The van der Waals surface area contributed by atoms with Crippen molar-refractivity contribution in [3.05, 3.63) is 59.1 Å². The summed E-state index contributed by atoms with van der Waals surface area (Å²) in [7, 11) is 0. The molecular formula is C23H24BrN7O3. The van der Waals surface area contributed by atoms with Crippen molar-refractivity contribution in [1.82, 2.24) is 29.3 Å². The molecule has 176 valence electrons. The third kappa shape index (κ3) is 3.95. The van der Waals surface area contributed by atoms with E-state index in [1.54, 1.807) is 26.5 Å². The molecule has 1 atom stereocenters. The van der Waals surface area contributed by atoms with Crippen LogP contribution in [0.2, 0.25) is 0 Å². The minimum atomic E-state index is -1.38. The van der Waals surface area contributed by atoms with Crippen LogP contribution in [0.15, 0.2) is 53.4 Å². The molecule has 11 heteroatoms. The van der Waals surface area contributed by atoms with Gasteiger partial charge in [-0.15, -0.1) is 0 Å². The molecular weight excluding hydrogens is 502 g/mol. The van der Waals surface area contributed by atoms with E-state index >= 15 is 0 Å². The number of carbonyl (C=O) groups excluding carboxylic acids is 1. The highest BCUT2D eigenvalue weighted by Gasteiger charge is 2.30. The first-order chi connectivity index (χ1) is 16.5. The zero-order valence-electron chi connectivity index (χ0n) is 18.3. The molecule has 1 aliphatic heterocycles. The van der Waals surface area contributed by atoms with Gasteiger partial charge in [-0.25, -0.2) is 9.67 Å². The molecule has 10 nitrogen and oxygen atoms in total. The van der Waals surface area contributed by atoms with Gasteiger partial charge in [-0.2, -0.15) is 14.7 Å². The first-order valence-electron chi connectivity index (χ1n) is 11.0. The van der Waals surface area contributed by atoms with Gasteiger partial charge in [0.25, 0.3) is 5.91 Å². The quantitative estimate of drug-likeness (QED) is 0.362. The van der Waals surface area contributed by atoms with Gasteiger partial charge >= 0.3 is 0 Å². The van der Waals surface area contributed by atoms with Crippen LogP contribution < -0.4 is 5.73 Å². The van der Waals surface area contributed by atoms with Crippen molar-refractivity contribution in [2.24, 2.45) is 0 Å². The second-order valence-electron chi connectivity index (χ2n) is 8.30. The van der Waals surface area contributed by atoms with Crippen LogP contribution >= 0.6 is 15.9 Å². The molecule has 1 aromatic carbocycles. The number of benzene rings is 1. The Morgan fingerprint density at radius 2 is 1.91 bits per heavy atom. The number of carbonyl (C=O) groups is 1. The zero-order valence-corrected chi connectivity index (χ0v) is 19.8. The van der Waals surface area contributed by atoms with E-state index in [4.69, 9.17) is 15.8 Å². The molecule has 34 heavy (non-hydrogen) atoms. The molecule has 0 unspecified atom stereocenters. The molecule has 0 spiro atoms. The topological polar surface area (TPSA) is 135 Å². The van der Waals surface area contributed by atoms with Crippen LogP contribution in [0, 0.1) is 0 Å². The lowest BCUT2D eigenvalue weighted by Crippen LogP contribution is -2.44. The van der Waals surface area contributed by atoms with Gasteiger partial charge in [-0.05, 0) is 40.9 Å². The first kappa shape index (κ1) is 22.5. The number of anilines is 1. The van der Waals surface area contributed by atoms with Gasteiger partial charge in [0.15, 0.2) is 11.8 Å². The molecule has 0 aliphatic carbocycles. The van der Waals surface area contributed by atoms with E-state index < -0.39 is 18.6 Å². The summed E-state index contributed by atoms with van der Waals surface area (Å²) < 4.78 is 4.10. The maximum absolute atomic E-state index is 12.2. The van der Waals surface area contributed by atoms with Crippen molar-refractivity contribution >= 4 is 33.3 Å². The lowest BCUT2D eigenvalue weighted by molar-refractivity contribution is -0.143. The largest absolute Gasteiger partial charge is 0.393 e. The van der Waals surface area contributed by atoms with Crippen LogP contribution in [0.5, 0.6) is 0 Å². The average molecular weight is 526 g/mol. The summed E-state index contributed by atoms with van der Waals surface area (Å²) in [4.78, 5) is 18.7. The van der Waals surface area contributed by atoms with E-state index in [1.807, 2.05) is 36.5 Å². The van der Waals surface area contributed by atoms with Crippen molar-refractivity contribution in [1.29, 1.82) is 0 Å². The van der Waals surface area contributed by atoms with Gasteiger partial charge in [0.1, 0.15) is 5.82 Å². The van der Waals surface area contributed by atoms with Crippen molar-refractivity contribution in [3.63, 3.8) is 0 Å². The fourth-order valence-electron chi connectivity index (χ4n) is 4.33. The number of hydrogen-bond donors (Lipinski definition) is 3. The van der Waals surface area contributed by atoms with Crippen LogP contribution in [0.25, 0.3) is 22.5 Å². The number of nitrogen functional groups attached to an aromatic ring is 1. The average Bonchev–Trinajstić information content (AvgIpc) is 3.53. The zero-order chi connectivity index (χ0) is 23.8. The molecule has 3 aromatic heterocycles. The van der Waals surface area contributed by atoms with Gasteiger partial charge in [0, 0.05) is 36.3 Å². The highest BCUT2D eigenvalue weighted by atomic mass is 79.9. The van der Waals surface area contributed by atoms with Crippen LogP contribution in [0.1, 0.15) is 24.5 Å². The summed E-state index contributed by atoms with van der Waals surface area (Å²) in [5.74, 6) is 0.0825. The van der Waals surface area contributed by atoms with Crippen LogP contribution in [-0.4, -0.2) is 71.2 Å². The van der Waals surface area contributed by atoms with E-state index in [0.717, 1.165) is 22.5 Å². The van der Waals surface area contributed by atoms with Gasteiger partial charge in [-0.1, -0.05) is 18.2 Å². The van der Waals surface area contributed by atoms with Crippen molar-refractivity contribution in [3.8, 4) is 16.8 Å². The summed E-state index contributed by atoms with van der Waals surface area (Å²) in [5, 5.41) is 27.6. The van der Waals surface area contributed by atoms with Gasteiger partial charge in [-0.3, -0.25) is 4.79 Å². The SMILES string of the molecule is Nc1c(Br)c(C2CCN(C(=O)[C@@H](O)CO)CC2)nc2c(-c3cnn(-c4ccccc4)c3)cnn12. The molecule has 5 rings (SSSR count). The summed E-state index contributed by atoms with van der Waals surface area (Å²) in [6.45, 7) is 0.357. The molecule has 1 fully saturated rings. The summed E-state index contributed by atoms with van der Waals surface area (Å²) in [5.41, 5.74) is 10.5. The number of para-hydroxylation sites is 1. The number of fused-ring (bicyclic) bond motifs is 1. The fourth-order valence-corrected chi connectivity index (χ4v) is 4.91. The highest BCUT2D eigenvalue weighted by Crippen LogP contribution is 2.37. The van der Waals surface area contributed by atoms with Crippen molar-refractivity contribution in [2.75, 3.05) is 25.4 Å². The molecule has 1 amide bonds. The van der Waals surface area contributed by atoms with Crippen LogP contribution in [0.3, 0.4) is 0 Å². The van der Waals surface area contributed by atoms with E-state index in [0.29, 0.717) is 41.9 Å². The van der Waals surface area contributed by atoms with Gasteiger partial charge < -0.3 is 20.8 Å². The molecule has 0 radical (unpaired) electrons. The third-order valence-electron chi connectivity index (χ3n) is 6.21. The Hall–Kier alpha value is -3.28. The normalized spacial score (nSPS) is 15.7. The Morgan fingerprint density at radius 1 is 1.18 bits per heavy atom. The second kappa shape index (κ2) is 9.16. The minimum absolute atomic E-state index is 0.0757. The molecule has 0 bridgehead atoms. The number of hydrogen-bond acceptors (Lipinski definition) is 7. The second-order valence-corrected chi connectivity index (χ2v) is 9.09. The van der Waals surface area contributed by atoms with Crippen molar-refractivity contribution in [2.45, 2.75) is 24.9 Å².